The molecule has 1 aliphatic carbocycles. The Balaban J connectivity index is 1.73. The number of hydrogen-bond donors (Lipinski definition) is 3. The maximum Gasteiger partial charge on any atom is 0.416 e. The molecular formula is C19H17F3N6O. The molecule has 0 bridgehead atoms. The van der Waals surface area contributed by atoms with Crippen LogP contribution in [0.3, 0.4) is 0 Å². The molecule has 10 heteroatoms. The van der Waals surface area contributed by atoms with Crippen LogP contribution in [0.5, 0.6) is 0 Å². The average Bonchev–Trinajstić information content (AvgIpc) is 3.04. The number of anilines is 2. The third kappa shape index (κ3) is 3.96. The topological polar surface area (TPSA) is 103 Å². The van der Waals surface area contributed by atoms with Gasteiger partial charge in [-0.15, -0.1) is 0 Å². The van der Waals surface area contributed by atoms with Crippen molar-refractivity contribution in [3.05, 3.63) is 41.1 Å². The van der Waals surface area contributed by atoms with Gasteiger partial charge >= 0.3 is 6.18 Å². The van der Waals surface area contributed by atoms with Crippen molar-refractivity contribution in [1.29, 1.82) is 5.41 Å². The number of aliphatic imine (C=N–C) groups is 1. The first-order valence-corrected chi connectivity index (χ1v) is 9.10. The van der Waals surface area contributed by atoms with E-state index in [0.29, 0.717) is 30.0 Å². The molecule has 1 aromatic carbocycles. The largest absolute Gasteiger partial charge is 0.416 e. The molecule has 2 heterocycles. The van der Waals surface area contributed by atoms with Gasteiger partial charge in [0.2, 0.25) is 0 Å². The fraction of sp³-hybridized carbons (Fsp3) is 0.316. The van der Waals surface area contributed by atoms with Crippen molar-refractivity contribution >= 4 is 34.8 Å². The van der Waals surface area contributed by atoms with Gasteiger partial charge in [0.05, 0.1) is 29.2 Å². The number of rotatable bonds is 3. The Morgan fingerprint density at radius 2 is 1.97 bits per heavy atom. The van der Waals surface area contributed by atoms with Gasteiger partial charge in [-0.2, -0.15) is 18.2 Å². The second-order valence-electron chi connectivity index (χ2n) is 6.82. The summed E-state index contributed by atoms with van der Waals surface area (Å²) < 4.78 is 39.0. The minimum atomic E-state index is -4.48. The van der Waals surface area contributed by atoms with Crippen LogP contribution in [0.15, 0.2) is 29.3 Å². The molecule has 1 aromatic heterocycles. The van der Waals surface area contributed by atoms with Crippen molar-refractivity contribution in [2.45, 2.75) is 38.4 Å². The van der Waals surface area contributed by atoms with Crippen molar-refractivity contribution in [2.24, 2.45) is 4.99 Å². The van der Waals surface area contributed by atoms with Gasteiger partial charge in [0, 0.05) is 5.69 Å². The van der Waals surface area contributed by atoms with E-state index in [2.05, 4.69) is 25.6 Å². The number of nitrogens with one attached hydrogen (secondary N) is 3. The summed E-state index contributed by atoms with van der Waals surface area (Å²) in [5.74, 6) is -0.235. The van der Waals surface area contributed by atoms with Crippen LogP contribution in [-0.2, 0) is 12.7 Å². The van der Waals surface area contributed by atoms with Crippen LogP contribution in [0.25, 0.3) is 0 Å². The first-order valence-electron chi connectivity index (χ1n) is 9.10. The van der Waals surface area contributed by atoms with E-state index in [1.165, 1.54) is 12.1 Å². The van der Waals surface area contributed by atoms with Crippen LogP contribution in [0, 0.1) is 5.41 Å². The van der Waals surface area contributed by atoms with Gasteiger partial charge < -0.3 is 16.0 Å². The number of carbonyl (C=O) groups is 1. The van der Waals surface area contributed by atoms with Crippen LogP contribution in [-0.4, -0.2) is 27.3 Å². The number of amides is 1. The summed E-state index contributed by atoms with van der Waals surface area (Å²) in [6.07, 6.45) is -1.35. The lowest BCUT2D eigenvalue weighted by atomic mass is 9.96. The summed E-state index contributed by atoms with van der Waals surface area (Å²) in [5.41, 5.74) is 0.963. The molecule has 2 aromatic rings. The van der Waals surface area contributed by atoms with Crippen LogP contribution in [0.1, 0.15) is 47.3 Å². The smallest absolute Gasteiger partial charge is 0.346 e. The number of alkyl halides is 3. The van der Waals surface area contributed by atoms with Crippen molar-refractivity contribution < 1.29 is 18.0 Å². The minimum absolute atomic E-state index is 0.0800. The summed E-state index contributed by atoms with van der Waals surface area (Å²) >= 11 is 0. The second kappa shape index (κ2) is 7.26. The maximum atomic E-state index is 13.0. The van der Waals surface area contributed by atoms with Gasteiger partial charge in [0.25, 0.3) is 11.9 Å². The number of fused-ring (bicyclic) bond motifs is 1. The van der Waals surface area contributed by atoms with Crippen LogP contribution in [0.2, 0.25) is 0 Å². The molecule has 1 saturated carbocycles. The molecule has 0 saturated heterocycles. The summed E-state index contributed by atoms with van der Waals surface area (Å²) in [6, 6.07) is 4.65. The lowest BCUT2D eigenvalue weighted by Crippen LogP contribution is -2.18. The van der Waals surface area contributed by atoms with E-state index in [1.807, 2.05) is 0 Å². The van der Waals surface area contributed by atoms with E-state index in [-0.39, 0.29) is 29.6 Å². The Hall–Kier alpha value is -3.30. The quantitative estimate of drug-likeness (QED) is 0.718. The number of benzene rings is 1. The highest BCUT2D eigenvalue weighted by atomic mass is 19.4. The zero-order valence-corrected chi connectivity index (χ0v) is 15.2. The molecule has 29 heavy (non-hydrogen) atoms. The number of halogens is 3. The van der Waals surface area contributed by atoms with E-state index >= 15 is 0 Å². The third-order valence-electron chi connectivity index (χ3n) is 4.74. The van der Waals surface area contributed by atoms with Crippen molar-refractivity contribution in [3.8, 4) is 0 Å². The van der Waals surface area contributed by atoms with Gasteiger partial charge in [-0.25, -0.2) is 9.98 Å². The minimum Gasteiger partial charge on any atom is -0.346 e. The monoisotopic (exact) mass is 402 g/mol. The summed E-state index contributed by atoms with van der Waals surface area (Å²) in [7, 11) is 0. The molecule has 0 atom stereocenters. The number of hydrogen-bond acceptors (Lipinski definition) is 6. The van der Waals surface area contributed by atoms with E-state index in [4.69, 9.17) is 5.41 Å². The zero-order chi connectivity index (χ0) is 20.6. The van der Waals surface area contributed by atoms with Gasteiger partial charge in [0.15, 0.2) is 0 Å². The Bertz CT molecular complexity index is 1030. The summed E-state index contributed by atoms with van der Waals surface area (Å²) in [4.78, 5) is 25.1. The standard InChI is InChI=1S/C19H17F3N6O/c20-19(21,22)10-4-3-5-11(8-10)25-16-15-14(9-24-17(15)29)27-18(28-16)26-13-7-2-1-6-12(13)23/h3-5,8,23H,1-2,6-7,9H2,(H,24,29)(H,25,27,28). The molecule has 150 valence electrons. The normalized spacial score (nSPS) is 18.0. The van der Waals surface area contributed by atoms with Crippen LogP contribution < -0.4 is 10.6 Å². The average molecular weight is 402 g/mol. The lowest BCUT2D eigenvalue weighted by molar-refractivity contribution is -0.137. The lowest BCUT2D eigenvalue weighted by Gasteiger charge is -2.14. The molecule has 1 aliphatic heterocycles. The maximum absolute atomic E-state index is 13.0. The fourth-order valence-corrected chi connectivity index (χ4v) is 3.30. The van der Waals surface area contributed by atoms with Gasteiger partial charge in [-0.1, -0.05) is 6.07 Å². The van der Waals surface area contributed by atoms with Crippen LogP contribution >= 0.6 is 0 Å². The molecule has 1 fully saturated rings. The second-order valence-corrected chi connectivity index (χ2v) is 6.82. The van der Waals surface area contributed by atoms with Gasteiger partial charge in [0.1, 0.15) is 11.4 Å². The Morgan fingerprint density at radius 3 is 2.72 bits per heavy atom. The molecule has 3 N–H and O–H groups in total. The molecular weight excluding hydrogens is 385 g/mol. The number of nitrogens with zero attached hydrogens (tertiary/aromatic N) is 3. The van der Waals surface area contributed by atoms with E-state index in [0.717, 1.165) is 25.0 Å². The number of carbonyl (C=O) groups excluding carboxylic acids is 1. The Labute approximate surface area is 164 Å². The molecule has 2 aliphatic rings. The molecule has 0 unspecified atom stereocenters. The molecule has 0 spiro atoms. The van der Waals surface area contributed by atoms with Gasteiger partial charge in [-0.3, -0.25) is 4.79 Å². The summed E-state index contributed by atoms with van der Waals surface area (Å²) in [6.45, 7) is 0.184. The van der Waals surface area contributed by atoms with Crippen molar-refractivity contribution in [3.63, 3.8) is 0 Å². The molecule has 0 radical (unpaired) electrons. The molecule has 4 rings (SSSR count). The highest BCUT2D eigenvalue weighted by Gasteiger charge is 2.31. The van der Waals surface area contributed by atoms with E-state index in [9.17, 15) is 18.0 Å². The highest BCUT2D eigenvalue weighted by Crippen LogP contribution is 2.33. The predicted octanol–water partition coefficient (Wildman–Crippen LogP) is 4.15. The Morgan fingerprint density at radius 1 is 1.17 bits per heavy atom. The summed E-state index contributed by atoms with van der Waals surface area (Å²) in [5, 5.41) is 13.5. The Kier molecular flexibility index (Phi) is 4.77. The SMILES string of the molecule is N=C1CCCCC1=Nc1nc2c(c(Nc3cccc(C(F)(F)F)c3)n1)C(=O)NC2. The zero-order valence-electron chi connectivity index (χ0n) is 15.2. The third-order valence-corrected chi connectivity index (χ3v) is 4.74. The van der Waals surface area contributed by atoms with E-state index in [1.54, 1.807) is 0 Å². The fourth-order valence-electron chi connectivity index (χ4n) is 3.30. The van der Waals surface area contributed by atoms with Crippen molar-refractivity contribution in [2.75, 3.05) is 5.32 Å². The van der Waals surface area contributed by atoms with Crippen LogP contribution in [0.4, 0.5) is 30.6 Å². The van der Waals surface area contributed by atoms with E-state index < -0.39 is 17.6 Å². The number of aromatic nitrogens is 2. The molecule has 1 amide bonds. The first-order chi connectivity index (χ1) is 13.8. The highest BCUT2D eigenvalue weighted by molar-refractivity contribution is 6.42. The molecule has 7 nitrogen and oxygen atoms in total. The first kappa shape index (κ1) is 19.0. The van der Waals surface area contributed by atoms with Crippen molar-refractivity contribution in [1.82, 2.24) is 15.3 Å². The predicted molar refractivity (Wildman–Crippen MR) is 101 cm³/mol. The van der Waals surface area contributed by atoms with Gasteiger partial charge in [-0.05, 0) is 43.9 Å².